The van der Waals surface area contributed by atoms with Gasteiger partial charge in [-0.2, -0.15) is 0 Å². The van der Waals surface area contributed by atoms with Gasteiger partial charge < -0.3 is 9.55 Å². The molecule has 2 aromatic carbocycles. The van der Waals surface area contributed by atoms with E-state index in [1.165, 1.54) is 6.33 Å². The van der Waals surface area contributed by atoms with Crippen molar-refractivity contribution in [2.45, 2.75) is 6.54 Å². The van der Waals surface area contributed by atoms with E-state index in [0.29, 0.717) is 39.9 Å². The Morgan fingerprint density at radius 2 is 1.21 bits per heavy atom. The molecule has 11 heteroatoms. The van der Waals surface area contributed by atoms with Crippen molar-refractivity contribution in [3.8, 4) is 11.4 Å². The summed E-state index contributed by atoms with van der Waals surface area (Å²) in [5.41, 5.74) is 5.89. The van der Waals surface area contributed by atoms with Gasteiger partial charge in [0.25, 0.3) is 11.1 Å². The van der Waals surface area contributed by atoms with Crippen LogP contribution in [0.1, 0.15) is 5.56 Å². The molecular formula is C36H25N9O2. The summed E-state index contributed by atoms with van der Waals surface area (Å²) in [5, 5.41) is 1.70. The summed E-state index contributed by atoms with van der Waals surface area (Å²) < 4.78 is 5.13. The molecule has 0 aliphatic heterocycles. The van der Waals surface area contributed by atoms with E-state index in [1.54, 1.807) is 40.2 Å². The summed E-state index contributed by atoms with van der Waals surface area (Å²) in [6.07, 6.45) is 10.1. The topological polar surface area (TPSA) is 129 Å². The van der Waals surface area contributed by atoms with Crippen LogP contribution in [0.25, 0.3) is 55.5 Å². The average molecular weight is 616 g/mol. The third kappa shape index (κ3) is 4.82. The molecule has 0 saturated carbocycles. The number of rotatable bonds is 4. The first-order valence-electron chi connectivity index (χ1n) is 14.9. The highest BCUT2D eigenvalue weighted by molar-refractivity contribution is 6.02. The Morgan fingerprint density at radius 3 is 1.85 bits per heavy atom. The Labute approximate surface area is 266 Å². The number of hydrogen-bond acceptors (Lipinski definition) is 7. The highest BCUT2D eigenvalue weighted by atomic mass is 16.1. The molecule has 47 heavy (non-hydrogen) atoms. The van der Waals surface area contributed by atoms with Crippen LogP contribution in [-0.2, 0) is 6.54 Å². The van der Waals surface area contributed by atoms with E-state index in [0.717, 1.165) is 27.7 Å². The van der Waals surface area contributed by atoms with Crippen LogP contribution >= 0.6 is 0 Å². The zero-order valence-electron chi connectivity index (χ0n) is 24.8. The summed E-state index contributed by atoms with van der Waals surface area (Å²) in [7, 11) is 0. The molecule has 0 radical (unpaired) electrons. The van der Waals surface area contributed by atoms with Gasteiger partial charge in [0.05, 0.1) is 30.6 Å². The molecule has 9 aromatic rings. The van der Waals surface area contributed by atoms with Crippen molar-refractivity contribution < 1.29 is 0 Å². The van der Waals surface area contributed by atoms with Crippen LogP contribution in [0.5, 0.6) is 0 Å². The van der Waals surface area contributed by atoms with E-state index in [-0.39, 0.29) is 11.1 Å². The number of imidazole rings is 2. The number of benzene rings is 2. The van der Waals surface area contributed by atoms with Crippen molar-refractivity contribution in [2.24, 2.45) is 0 Å². The maximum atomic E-state index is 13.5. The first-order valence-corrected chi connectivity index (χ1v) is 14.9. The first kappa shape index (κ1) is 27.8. The SMILES string of the molecule is O=c1c2[nH]cnc2c2cccnc2n1-c1ccccc1.O=c1c2c(ncn2Cc2cccnc2)c2cccnc2n1-c1ccccc1. The van der Waals surface area contributed by atoms with E-state index in [2.05, 4.69) is 29.9 Å². The molecule has 9 rings (SSSR count). The van der Waals surface area contributed by atoms with Gasteiger partial charge in [0.15, 0.2) is 0 Å². The van der Waals surface area contributed by atoms with Gasteiger partial charge in [0.2, 0.25) is 0 Å². The molecule has 0 unspecified atom stereocenters. The van der Waals surface area contributed by atoms with Crippen molar-refractivity contribution in [2.75, 3.05) is 0 Å². The minimum Gasteiger partial charge on any atom is -0.340 e. The van der Waals surface area contributed by atoms with Gasteiger partial charge in [-0.15, -0.1) is 0 Å². The Bertz CT molecular complexity index is 2640. The number of H-pyrrole nitrogens is 1. The van der Waals surface area contributed by atoms with E-state index >= 15 is 0 Å². The monoisotopic (exact) mass is 615 g/mol. The number of nitrogens with zero attached hydrogens (tertiary/aromatic N) is 8. The van der Waals surface area contributed by atoms with Gasteiger partial charge in [0.1, 0.15) is 33.4 Å². The Balaban J connectivity index is 0.000000144. The fourth-order valence-electron chi connectivity index (χ4n) is 5.84. The maximum Gasteiger partial charge on any atom is 0.282 e. The van der Waals surface area contributed by atoms with Crippen LogP contribution in [0, 0.1) is 0 Å². The number of hydrogen-bond donors (Lipinski definition) is 1. The highest BCUT2D eigenvalue weighted by Gasteiger charge is 2.18. The molecule has 11 nitrogen and oxygen atoms in total. The standard InChI is InChI=1S/C21H15N5O.C15H10N4O/c27-21-19-18(24-14-25(19)13-15-6-4-10-22-12-15)17-9-5-11-23-20(17)26(21)16-7-2-1-3-8-16;20-15-13-12(17-9-18-13)11-7-4-8-16-14(11)19(15)10-5-2-1-3-6-10/h1-12,14H,13H2;1-9H,(H,17,18). The number of pyridine rings is 5. The number of nitrogens with one attached hydrogen (secondary N) is 1. The first-order chi connectivity index (χ1) is 23.2. The molecule has 0 amide bonds. The van der Waals surface area contributed by atoms with Crippen LogP contribution < -0.4 is 11.1 Å². The summed E-state index contributed by atoms with van der Waals surface area (Å²) in [5.74, 6) is 0. The predicted molar refractivity (Wildman–Crippen MR) is 181 cm³/mol. The molecule has 0 saturated heterocycles. The summed E-state index contributed by atoms with van der Waals surface area (Å²) in [6, 6.07) is 30.5. The van der Waals surface area contributed by atoms with Crippen LogP contribution in [0.15, 0.2) is 144 Å². The van der Waals surface area contributed by atoms with Gasteiger partial charge in [-0.3, -0.25) is 23.7 Å². The fourth-order valence-corrected chi connectivity index (χ4v) is 5.84. The third-order valence-electron chi connectivity index (χ3n) is 7.91. The predicted octanol–water partition coefficient (Wildman–Crippen LogP) is 5.44. The molecule has 0 spiro atoms. The van der Waals surface area contributed by atoms with Gasteiger partial charge in [-0.05, 0) is 60.2 Å². The quantitative estimate of drug-likeness (QED) is 0.279. The second-order valence-corrected chi connectivity index (χ2v) is 10.8. The minimum atomic E-state index is -0.144. The molecule has 0 fully saturated rings. The fraction of sp³-hybridized carbons (Fsp3) is 0.0278. The molecule has 0 atom stereocenters. The van der Waals surface area contributed by atoms with Gasteiger partial charge >= 0.3 is 0 Å². The number of aromatic nitrogens is 9. The molecule has 7 aromatic heterocycles. The lowest BCUT2D eigenvalue weighted by Crippen LogP contribution is -2.22. The van der Waals surface area contributed by atoms with Crippen LogP contribution in [0.2, 0.25) is 0 Å². The molecule has 0 aliphatic carbocycles. The van der Waals surface area contributed by atoms with Crippen LogP contribution in [-0.4, -0.2) is 43.6 Å². The lowest BCUT2D eigenvalue weighted by Gasteiger charge is -2.11. The number of para-hydroxylation sites is 2. The van der Waals surface area contributed by atoms with Gasteiger partial charge in [0, 0.05) is 35.6 Å². The summed E-state index contributed by atoms with van der Waals surface area (Å²) in [6.45, 7) is 0.528. The average Bonchev–Trinajstić information content (AvgIpc) is 3.79. The Kier molecular flexibility index (Phi) is 6.88. The van der Waals surface area contributed by atoms with E-state index in [4.69, 9.17) is 0 Å². The smallest absolute Gasteiger partial charge is 0.282 e. The van der Waals surface area contributed by atoms with Crippen molar-refractivity contribution in [3.63, 3.8) is 0 Å². The van der Waals surface area contributed by atoms with Crippen LogP contribution in [0.3, 0.4) is 0 Å². The summed E-state index contributed by atoms with van der Waals surface area (Å²) >= 11 is 0. The number of fused-ring (bicyclic) bond motifs is 6. The summed E-state index contributed by atoms with van der Waals surface area (Å²) in [4.78, 5) is 50.8. The van der Waals surface area contributed by atoms with Crippen molar-refractivity contribution in [3.05, 3.63) is 161 Å². The highest BCUT2D eigenvalue weighted by Crippen LogP contribution is 2.23. The molecule has 1 N–H and O–H groups in total. The molecule has 0 aliphatic rings. The largest absolute Gasteiger partial charge is 0.340 e. The zero-order chi connectivity index (χ0) is 31.7. The molecule has 7 heterocycles. The second kappa shape index (κ2) is 11.6. The lowest BCUT2D eigenvalue weighted by molar-refractivity contribution is 0.812. The van der Waals surface area contributed by atoms with Gasteiger partial charge in [-0.25, -0.2) is 19.9 Å². The normalized spacial score (nSPS) is 11.2. The molecule has 226 valence electrons. The molecular weight excluding hydrogens is 590 g/mol. The van der Waals surface area contributed by atoms with E-state index < -0.39 is 0 Å². The minimum absolute atomic E-state index is 0.135. The Hall–Kier alpha value is -6.75. The Morgan fingerprint density at radius 1 is 0.596 bits per heavy atom. The van der Waals surface area contributed by atoms with Gasteiger partial charge in [-0.1, -0.05) is 42.5 Å². The molecule has 0 bridgehead atoms. The lowest BCUT2D eigenvalue weighted by atomic mass is 10.2. The number of aromatic amines is 1. The van der Waals surface area contributed by atoms with Crippen molar-refractivity contribution >= 4 is 44.1 Å². The van der Waals surface area contributed by atoms with Crippen molar-refractivity contribution in [1.82, 2.24) is 43.6 Å². The third-order valence-corrected chi connectivity index (χ3v) is 7.91. The van der Waals surface area contributed by atoms with E-state index in [9.17, 15) is 9.59 Å². The maximum absolute atomic E-state index is 13.5. The van der Waals surface area contributed by atoms with Crippen LogP contribution in [0.4, 0.5) is 0 Å². The second-order valence-electron chi connectivity index (χ2n) is 10.8. The van der Waals surface area contributed by atoms with E-state index in [1.807, 2.05) is 102 Å². The van der Waals surface area contributed by atoms with Crippen molar-refractivity contribution in [1.29, 1.82) is 0 Å². The zero-order valence-corrected chi connectivity index (χ0v) is 24.8.